The summed E-state index contributed by atoms with van der Waals surface area (Å²) in [5.41, 5.74) is 5.49. The van der Waals surface area contributed by atoms with Crippen LogP contribution >= 0.6 is 0 Å². The molecule has 2 atom stereocenters. The van der Waals surface area contributed by atoms with Crippen molar-refractivity contribution in [1.82, 2.24) is 5.01 Å². The van der Waals surface area contributed by atoms with Gasteiger partial charge in [0.05, 0.1) is 25.4 Å². The van der Waals surface area contributed by atoms with Gasteiger partial charge in [-0.2, -0.15) is 5.10 Å². The van der Waals surface area contributed by atoms with Gasteiger partial charge in [-0.05, 0) is 65.1 Å². The number of para-hydroxylation sites is 1. The summed E-state index contributed by atoms with van der Waals surface area (Å²) in [6.07, 6.45) is 1.62. The molecule has 0 unspecified atom stereocenters. The van der Waals surface area contributed by atoms with Gasteiger partial charge in [-0.25, -0.2) is 5.01 Å². The molecule has 5 nitrogen and oxygen atoms in total. The highest BCUT2D eigenvalue weighted by atomic mass is 16.5. The van der Waals surface area contributed by atoms with Gasteiger partial charge in [0, 0.05) is 18.2 Å². The van der Waals surface area contributed by atoms with Gasteiger partial charge in [-0.3, -0.25) is 4.79 Å². The number of rotatable bonds is 5. The molecule has 2 aliphatic rings. The average molecular weight is 476 g/mol. The van der Waals surface area contributed by atoms with Gasteiger partial charge >= 0.3 is 0 Å². The van der Waals surface area contributed by atoms with E-state index in [0.717, 1.165) is 34.7 Å². The number of hydrazone groups is 1. The molecule has 180 valence electrons. The number of ether oxygens (including phenoxy) is 1. The second-order valence-electron chi connectivity index (χ2n) is 9.65. The van der Waals surface area contributed by atoms with Crippen LogP contribution < -0.4 is 9.64 Å². The van der Waals surface area contributed by atoms with E-state index in [2.05, 4.69) is 60.4 Å². The number of nitrogens with zero attached hydrogens (tertiary/aromatic N) is 3. The Kier molecular flexibility index (Phi) is 5.68. The van der Waals surface area contributed by atoms with E-state index in [-0.39, 0.29) is 18.0 Å². The quantitative estimate of drug-likeness (QED) is 0.357. The zero-order valence-corrected chi connectivity index (χ0v) is 20.6. The highest BCUT2D eigenvalue weighted by Gasteiger charge is 2.36. The lowest BCUT2D eigenvalue weighted by atomic mass is 9.97. The molecule has 0 fully saturated rings. The smallest absolute Gasteiger partial charge is 0.262 e. The topological polar surface area (TPSA) is 45.1 Å². The lowest BCUT2D eigenvalue weighted by Crippen LogP contribution is -2.40. The van der Waals surface area contributed by atoms with Crippen LogP contribution in [0.3, 0.4) is 0 Å². The summed E-state index contributed by atoms with van der Waals surface area (Å²) in [6.45, 7) is 2.49. The van der Waals surface area contributed by atoms with Crippen LogP contribution in [0.2, 0.25) is 0 Å². The van der Waals surface area contributed by atoms with E-state index >= 15 is 0 Å². The van der Waals surface area contributed by atoms with Gasteiger partial charge in [0.2, 0.25) is 0 Å². The molecule has 0 aromatic heterocycles. The predicted octanol–water partition coefficient (Wildman–Crippen LogP) is 5.98. The largest absolute Gasteiger partial charge is 0.497 e. The minimum absolute atomic E-state index is 0.00941. The normalized spacial score (nSPS) is 18.9. The fourth-order valence-electron chi connectivity index (χ4n) is 5.46. The number of hydrogen-bond donors (Lipinski definition) is 0. The Morgan fingerprint density at radius 3 is 2.47 bits per heavy atom. The van der Waals surface area contributed by atoms with Crippen molar-refractivity contribution in [2.75, 3.05) is 18.6 Å². The fourth-order valence-corrected chi connectivity index (χ4v) is 5.46. The molecule has 36 heavy (non-hydrogen) atoms. The lowest BCUT2D eigenvalue weighted by Gasteiger charge is -2.28. The number of carbonyl (C=O) groups excluding carboxylic acids is 1. The molecule has 0 saturated carbocycles. The molecule has 0 aliphatic carbocycles. The summed E-state index contributed by atoms with van der Waals surface area (Å²) in [6, 6.07) is 31.2. The van der Waals surface area contributed by atoms with Gasteiger partial charge in [0.15, 0.2) is 0 Å². The van der Waals surface area contributed by atoms with Crippen molar-refractivity contribution in [1.29, 1.82) is 0 Å². The Morgan fingerprint density at radius 2 is 1.67 bits per heavy atom. The summed E-state index contributed by atoms with van der Waals surface area (Å²) in [7, 11) is 1.66. The third-order valence-electron chi connectivity index (χ3n) is 7.40. The molecule has 0 spiro atoms. The van der Waals surface area contributed by atoms with Crippen LogP contribution in [-0.4, -0.2) is 36.3 Å². The predicted molar refractivity (Wildman–Crippen MR) is 145 cm³/mol. The summed E-state index contributed by atoms with van der Waals surface area (Å²) < 4.78 is 5.36. The van der Waals surface area contributed by atoms with Gasteiger partial charge in [-0.15, -0.1) is 0 Å². The third-order valence-corrected chi connectivity index (χ3v) is 7.40. The van der Waals surface area contributed by atoms with E-state index in [4.69, 9.17) is 9.84 Å². The number of hydrogen-bond acceptors (Lipinski definition) is 4. The van der Waals surface area contributed by atoms with Gasteiger partial charge < -0.3 is 9.64 Å². The monoisotopic (exact) mass is 475 g/mol. The van der Waals surface area contributed by atoms with Crippen molar-refractivity contribution < 1.29 is 9.53 Å². The van der Waals surface area contributed by atoms with Crippen LogP contribution in [0.25, 0.3) is 10.8 Å². The molecule has 0 N–H and O–H groups in total. The molecule has 0 radical (unpaired) electrons. The number of anilines is 1. The SMILES string of the molecule is COc1ccc([C@@H]2CC(c3ccc4ccccc4c3)=NN2C(=O)CN2c3ccccc3C[C@@H]2C)cc1. The molecule has 6 rings (SSSR count). The average Bonchev–Trinajstić information content (AvgIpc) is 3.50. The maximum Gasteiger partial charge on any atom is 0.262 e. The van der Waals surface area contributed by atoms with E-state index in [9.17, 15) is 4.79 Å². The first-order valence-corrected chi connectivity index (χ1v) is 12.5. The Morgan fingerprint density at radius 1 is 0.917 bits per heavy atom. The molecule has 0 bridgehead atoms. The van der Waals surface area contributed by atoms with E-state index in [1.807, 2.05) is 42.5 Å². The number of amides is 1. The maximum atomic E-state index is 13.8. The van der Waals surface area contributed by atoms with E-state index in [0.29, 0.717) is 13.0 Å². The van der Waals surface area contributed by atoms with Crippen LogP contribution in [0.5, 0.6) is 5.75 Å². The molecule has 5 heteroatoms. The minimum Gasteiger partial charge on any atom is -0.497 e. The van der Waals surface area contributed by atoms with Crippen LogP contribution in [0, 0.1) is 0 Å². The first kappa shape index (κ1) is 22.4. The summed E-state index contributed by atoms with van der Waals surface area (Å²) in [4.78, 5) is 16.0. The van der Waals surface area contributed by atoms with Crippen LogP contribution in [0.15, 0.2) is 96.1 Å². The number of carbonyl (C=O) groups is 1. The molecule has 4 aromatic carbocycles. The van der Waals surface area contributed by atoms with E-state index in [1.165, 1.54) is 16.3 Å². The van der Waals surface area contributed by atoms with Crippen LogP contribution in [-0.2, 0) is 11.2 Å². The summed E-state index contributed by atoms with van der Waals surface area (Å²) in [5.74, 6) is 0.808. The molecular weight excluding hydrogens is 446 g/mol. The zero-order chi connectivity index (χ0) is 24.6. The van der Waals surface area contributed by atoms with Crippen molar-refractivity contribution in [3.8, 4) is 5.75 Å². The van der Waals surface area contributed by atoms with Gasteiger partial charge in [0.1, 0.15) is 5.75 Å². The van der Waals surface area contributed by atoms with Crippen molar-refractivity contribution in [3.05, 3.63) is 108 Å². The Balaban J connectivity index is 1.34. The van der Waals surface area contributed by atoms with Crippen molar-refractivity contribution in [2.24, 2.45) is 5.10 Å². The van der Waals surface area contributed by atoms with E-state index in [1.54, 1.807) is 12.1 Å². The third kappa shape index (κ3) is 4.01. The number of benzene rings is 4. The van der Waals surface area contributed by atoms with Crippen molar-refractivity contribution in [2.45, 2.75) is 31.8 Å². The highest BCUT2D eigenvalue weighted by molar-refractivity contribution is 6.05. The van der Waals surface area contributed by atoms with Gasteiger partial charge in [-0.1, -0.05) is 66.7 Å². The van der Waals surface area contributed by atoms with Crippen molar-refractivity contribution >= 4 is 28.1 Å². The molecule has 1 amide bonds. The van der Waals surface area contributed by atoms with Crippen molar-refractivity contribution in [3.63, 3.8) is 0 Å². The van der Waals surface area contributed by atoms with E-state index < -0.39 is 0 Å². The lowest BCUT2D eigenvalue weighted by molar-refractivity contribution is -0.131. The highest BCUT2D eigenvalue weighted by Crippen LogP contribution is 2.36. The minimum atomic E-state index is -0.155. The fraction of sp³-hybridized carbons (Fsp3) is 0.226. The number of methoxy groups -OCH3 is 1. The summed E-state index contributed by atoms with van der Waals surface area (Å²) >= 11 is 0. The second kappa shape index (κ2) is 9.15. The Hall–Kier alpha value is -4.12. The van der Waals surface area contributed by atoms with Gasteiger partial charge in [0.25, 0.3) is 5.91 Å². The summed E-state index contributed by atoms with van der Waals surface area (Å²) in [5, 5.41) is 9.01. The van der Waals surface area contributed by atoms with Crippen LogP contribution in [0.1, 0.15) is 36.1 Å². The number of fused-ring (bicyclic) bond motifs is 2. The molecule has 2 aliphatic heterocycles. The second-order valence-corrected chi connectivity index (χ2v) is 9.65. The standard InChI is InChI=1S/C31H29N3O2/c1-21-17-26-9-5-6-10-29(26)33(21)20-31(35)34-30(23-13-15-27(36-2)16-14-23)19-28(32-34)25-12-11-22-7-3-4-8-24(22)18-25/h3-16,18,21,30H,17,19-20H2,1-2H3/t21-,30-/m0/s1. The Labute approximate surface area is 211 Å². The molecule has 4 aromatic rings. The molecular formula is C31H29N3O2. The maximum absolute atomic E-state index is 13.8. The first-order valence-electron chi connectivity index (χ1n) is 12.5. The first-order chi connectivity index (χ1) is 17.6. The van der Waals surface area contributed by atoms with Crippen LogP contribution in [0.4, 0.5) is 5.69 Å². The Bertz CT molecular complexity index is 1460. The zero-order valence-electron chi connectivity index (χ0n) is 20.6. The molecule has 2 heterocycles. The molecule has 0 saturated heterocycles.